The number of hydrogen-bond acceptors (Lipinski definition) is 3. The van der Waals surface area contributed by atoms with Gasteiger partial charge in [0, 0.05) is 30.0 Å². The standard InChI is InChI=1S/C25H27N3O2/c1-2-28(23-14-7-4-8-15-23)19-25(30)27-22-13-9-12-21(18-22)26-24(29)17-16-20-10-5-3-6-11-20/h3-15,18H,2,16-17,19H2,1H3,(H,26,29)(H,27,30). The third-order valence-corrected chi connectivity index (χ3v) is 4.75. The minimum Gasteiger partial charge on any atom is -0.362 e. The highest BCUT2D eigenvalue weighted by molar-refractivity contribution is 5.96. The van der Waals surface area contributed by atoms with Crippen molar-refractivity contribution >= 4 is 28.9 Å². The van der Waals surface area contributed by atoms with E-state index in [1.54, 1.807) is 6.07 Å². The number of carbonyl (C=O) groups excluding carboxylic acids is 2. The average Bonchev–Trinajstić information content (AvgIpc) is 2.77. The second-order valence-corrected chi connectivity index (χ2v) is 7.01. The molecule has 0 aliphatic rings. The van der Waals surface area contributed by atoms with E-state index in [9.17, 15) is 9.59 Å². The van der Waals surface area contributed by atoms with Gasteiger partial charge in [-0.15, -0.1) is 0 Å². The van der Waals surface area contributed by atoms with Crippen LogP contribution in [0.25, 0.3) is 0 Å². The molecule has 3 aromatic rings. The molecule has 5 nitrogen and oxygen atoms in total. The van der Waals surface area contributed by atoms with Gasteiger partial charge >= 0.3 is 0 Å². The number of carbonyl (C=O) groups is 2. The van der Waals surface area contributed by atoms with Crippen LogP contribution < -0.4 is 15.5 Å². The van der Waals surface area contributed by atoms with Gasteiger partial charge < -0.3 is 15.5 Å². The summed E-state index contributed by atoms with van der Waals surface area (Å²) in [7, 11) is 0. The fourth-order valence-electron chi connectivity index (χ4n) is 3.20. The Morgan fingerprint density at radius 2 is 1.37 bits per heavy atom. The molecule has 0 fully saturated rings. The second kappa shape index (κ2) is 10.8. The van der Waals surface area contributed by atoms with Crippen LogP contribution in [0.15, 0.2) is 84.9 Å². The summed E-state index contributed by atoms with van der Waals surface area (Å²) in [4.78, 5) is 26.8. The fourth-order valence-corrected chi connectivity index (χ4v) is 3.20. The van der Waals surface area contributed by atoms with E-state index in [0.29, 0.717) is 24.2 Å². The van der Waals surface area contributed by atoms with Gasteiger partial charge in [0.05, 0.1) is 6.54 Å². The predicted molar refractivity (Wildman–Crippen MR) is 123 cm³/mol. The van der Waals surface area contributed by atoms with Gasteiger partial charge in [0.2, 0.25) is 11.8 Å². The molecule has 0 atom stereocenters. The van der Waals surface area contributed by atoms with Gasteiger partial charge in [0.1, 0.15) is 0 Å². The molecule has 0 heterocycles. The highest BCUT2D eigenvalue weighted by Crippen LogP contribution is 2.17. The lowest BCUT2D eigenvalue weighted by Crippen LogP contribution is -2.33. The highest BCUT2D eigenvalue weighted by atomic mass is 16.2. The Morgan fingerprint density at radius 1 is 0.767 bits per heavy atom. The summed E-state index contributed by atoms with van der Waals surface area (Å²) >= 11 is 0. The van der Waals surface area contributed by atoms with Crippen LogP contribution in [0.1, 0.15) is 18.9 Å². The largest absolute Gasteiger partial charge is 0.362 e. The van der Waals surface area contributed by atoms with Crippen molar-refractivity contribution in [2.45, 2.75) is 19.8 Å². The molecule has 0 spiro atoms. The number of para-hydroxylation sites is 1. The Kier molecular flexibility index (Phi) is 7.61. The predicted octanol–water partition coefficient (Wildman–Crippen LogP) is 4.72. The van der Waals surface area contributed by atoms with Crippen molar-refractivity contribution in [3.05, 3.63) is 90.5 Å². The van der Waals surface area contributed by atoms with Gasteiger partial charge in [-0.3, -0.25) is 9.59 Å². The van der Waals surface area contributed by atoms with Crippen LogP contribution in [-0.4, -0.2) is 24.9 Å². The zero-order valence-electron chi connectivity index (χ0n) is 17.2. The summed E-state index contributed by atoms with van der Waals surface area (Å²) in [6.07, 6.45) is 1.10. The van der Waals surface area contributed by atoms with E-state index < -0.39 is 0 Å². The molecule has 5 heteroatoms. The number of anilines is 3. The molecule has 0 bridgehead atoms. The lowest BCUT2D eigenvalue weighted by Gasteiger charge is -2.22. The van der Waals surface area contributed by atoms with E-state index in [2.05, 4.69) is 10.6 Å². The molecule has 0 aromatic heterocycles. The number of benzene rings is 3. The molecule has 3 aromatic carbocycles. The van der Waals surface area contributed by atoms with Crippen molar-refractivity contribution in [2.75, 3.05) is 28.6 Å². The SMILES string of the molecule is CCN(CC(=O)Nc1cccc(NC(=O)CCc2ccccc2)c1)c1ccccc1. The molecule has 154 valence electrons. The zero-order valence-corrected chi connectivity index (χ0v) is 17.2. The van der Waals surface area contributed by atoms with Gasteiger partial charge in [-0.05, 0) is 49.2 Å². The number of likely N-dealkylation sites (N-methyl/N-ethyl adjacent to an activating group) is 1. The summed E-state index contributed by atoms with van der Waals surface area (Å²) in [5, 5.41) is 5.82. The molecule has 3 rings (SSSR count). The molecular formula is C25H27N3O2. The summed E-state index contributed by atoms with van der Waals surface area (Å²) in [5.74, 6) is -0.156. The van der Waals surface area contributed by atoms with Crippen molar-refractivity contribution < 1.29 is 9.59 Å². The summed E-state index contributed by atoms with van der Waals surface area (Å²) in [6, 6.07) is 27.0. The lowest BCUT2D eigenvalue weighted by molar-refractivity contribution is -0.116. The van der Waals surface area contributed by atoms with Crippen molar-refractivity contribution in [2.24, 2.45) is 0 Å². The molecular weight excluding hydrogens is 374 g/mol. The van der Waals surface area contributed by atoms with E-state index in [1.165, 1.54) is 0 Å². The van der Waals surface area contributed by atoms with Crippen LogP contribution >= 0.6 is 0 Å². The number of amides is 2. The Morgan fingerprint density at radius 3 is 2.00 bits per heavy atom. The van der Waals surface area contributed by atoms with Crippen molar-refractivity contribution in [1.82, 2.24) is 0 Å². The summed E-state index contributed by atoms with van der Waals surface area (Å²) in [6.45, 7) is 3.01. The number of nitrogens with zero attached hydrogens (tertiary/aromatic N) is 1. The van der Waals surface area contributed by atoms with E-state index in [-0.39, 0.29) is 18.4 Å². The minimum atomic E-state index is -0.103. The second-order valence-electron chi connectivity index (χ2n) is 7.01. The van der Waals surface area contributed by atoms with Gasteiger partial charge in [-0.1, -0.05) is 54.6 Å². The number of hydrogen-bond donors (Lipinski definition) is 2. The van der Waals surface area contributed by atoms with Gasteiger partial charge in [-0.2, -0.15) is 0 Å². The molecule has 30 heavy (non-hydrogen) atoms. The monoisotopic (exact) mass is 401 g/mol. The molecule has 2 N–H and O–H groups in total. The van der Waals surface area contributed by atoms with Crippen LogP contribution in [0.5, 0.6) is 0 Å². The lowest BCUT2D eigenvalue weighted by atomic mass is 10.1. The number of nitrogens with one attached hydrogen (secondary N) is 2. The fraction of sp³-hybridized carbons (Fsp3) is 0.200. The Bertz CT molecular complexity index is 958. The third-order valence-electron chi connectivity index (χ3n) is 4.75. The van der Waals surface area contributed by atoms with Crippen LogP contribution in [-0.2, 0) is 16.0 Å². The normalized spacial score (nSPS) is 10.3. The van der Waals surface area contributed by atoms with Crippen molar-refractivity contribution in [3.8, 4) is 0 Å². The summed E-state index contributed by atoms with van der Waals surface area (Å²) < 4.78 is 0. The number of rotatable bonds is 9. The molecule has 0 saturated carbocycles. The minimum absolute atomic E-state index is 0.0523. The van der Waals surface area contributed by atoms with Gasteiger partial charge in [0.25, 0.3) is 0 Å². The first-order chi connectivity index (χ1) is 14.6. The first-order valence-corrected chi connectivity index (χ1v) is 10.2. The topological polar surface area (TPSA) is 61.4 Å². The molecule has 0 radical (unpaired) electrons. The highest BCUT2D eigenvalue weighted by Gasteiger charge is 2.11. The maximum absolute atomic E-state index is 12.5. The zero-order chi connectivity index (χ0) is 21.2. The van der Waals surface area contributed by atoms with Crippen LogP contribution in [0.3, 0.4) is 0 Å². The van der Waals surface area contributed by atoms with Crippen molar-refractivity contribution in [1.29, 1.82) is 0 Å². The Hall–Kier alpha value is -3.60. The van der Waals surface area contributed by atoms with Crippen LogP contribution in [0.4, 0.5) is 17.1 Å². The van der Waals surface area contributed by atoms with E-state index in [0.717, 1.165) is 17.8 Å². The maximum Gasteiger partial charge on any atom is 0.243 e. The van der Waals surface area contributed by atoms with Crippen LogP contribution in [0.2, 0.25) is 0 Å². The maximum atomic E-state index is 12.5. The quantitative estimate of drug-likeness (QED) is 0.545. The first kappa shape index (κ1) is 21.1. The molecule has 0 aliphatic heterocycles. The van der Waals surface area contributed by atoms with Gasteiger partial charge in [-0.25, -0.2) is 0 Å². The molecule has 0 unspecified atom stereocenters. The van der Waals surface area contributed by atoms with Crippen molar-refractivity contribution in [3.63, 3.8) is 0 Å². The molecule has 2 amide bonds. The van der Waals surface area contributed by atoms with E-state index in [1.807, 2.05) is 90.7 Å². The third kappa shape index (κ3) is 6.48. The van der Waals surface area contributed by atoms with E-state index >= 15 is 0 Å². The van der Waals surface area contributed by atoms with E-state index in [4.69, 9.17) is 0 Å². The summed E-state index contributed by atoms with van der Waals surface area (Å²) in [5.41, 5.74) is 3.47. The molecule has 0 saturated heterocycles. The Balaban J connectivity index is 1.53. The van der Waals surface area contributed by atoms with Gasteiger partial charge in [0.15, 0.2) is 0 Å². The average molecular weight is 402 g/mol. The van der Waals surface area contributed by atoms with Crippen LogP contribution in [0, 0.1) is 0 Å². The number of aryl methyl sites for hydroxylation is 1. The Labute approximate surface area is 177 Å². The smallest absolute Gasteiger partial charge is 0.243 e. The first-order valence-electron chi connectivity index (χ1n) is 10.2. The molecule has 0 aliphatic carbocycles.